The van der Waals surface area contributed by atoms with E-state index in [0.717, 1.165) is 11.1 Å². The van der Waals surface area contributed by atoms with Gasteiger partial charge in [0, 0.05) is 22.2 Å². The van der Waals surface area contributed by atoms with Gasteiger partial charge in [0.1, 0.15) is 0 Å². The molecule has 3 rings (SSSR count). The predicted molar refractivity (Wildman–Crippen MR) is 111 cm³/mol. The average molecular weight is 380 g/mol. The van der Waals surface area contributed by atoms with Gasteiger partial charge in [0.2, 0.25) is 0 Å². The van der Waals surface area contributed by atoms with Crippen molar-refractivity contribution in [3.05, 3.63) is 40.6 Å². The Hall–Kier alpha value is -2.76. The number of fused-ring (bicyclic) bond motifs is 3. The molecule has 6 nitrogen and oxygen atoms in total. The zero-order chi connectivity index (χ0) is 21.0. The summed E-state index contributed by atoms with van der Waals surface area (Å²) < 4.78 is 1.74. The highest BCUT2D eigenvalue weighted by molar-refractivity contribution is 6.16. The van der Waals surface area contributed by atoms with Crippen LogP contribution in [-0.4, -0.2) is 38.4 Å². The number of ketones is 1. The molecule has 1 aromatic carbocycles. The Morgan fingerprint density at radius 3 is 2.25 bits per heavy atom. The maximum atomic E-state index is 13.1. The summed E-state index contributed by atoms with van der Waals surface area (Å²) in [6.45, 7) is 15.2. The third-order valence-corrected chi connectivity index (χ3v) is 4.34. The monoisotopic (exact) mass is 380 g/mol. The lowest BCUT2D eigenvalue weighted by Crippen LogP contribution is -2.40. The number of nitrogens with zero attached hydrogens (tertiary/aromatic N) is 3. The second-order valence-corrected chi connectivity index (χ2v) is 9.35. The quantitative estimate of drug-likeness (QED) is 0.683. The summed E-state index contributed by atoms with van der Waals surface area (Å²) in [6.07, 6.45) is 0. The lowest BCUT2D eigenvalue weighted by Gasteiger charge is -2.20. The molecule has 148 valence electrons. The molecule has 1 amide bonds. The molecule has 0 saturated carbocycles. The van der Waals surface area contributed by atoms with Gasteiger partial charge in [-0.25, -0.2) is 4.68 Å². The average Bonchev–Trinajstić information content (AvgIpc) is 2.98. The lowest BCUT2D eigenvalue weighted by atomic mass is 9.98. The third-order valence-electron chi connectivity index (χ3n) is 4.34. The van der Waals surface area contributed by atoms with Crippen LogP contribution in [0.1, 0.15) is 80.4 Å². The van der Waals surface area contributed by atoms with Crippen LogP contribution in [0.2, 0.25) is 0 Å². The SMILES string of the molecule is CC(=O)c1ccc2c(c1)-c1c(C(=O)NC(C)(C)C)c(C)nn1C2=NC(C)(C)C. The Labute approximate surface area is 166 Å². The molecular weight excluding hydrogens is 352 g/mol. The Morgan fingerprint density at radius 2 is 1.71 bits per heavy atom. The number of benzene rings is 1. The van der Waals surface area contributed by atoms with Gasteiger partial charge in [0.15, 0.2) is 11.6 Å². The van der Waals surface area contributed by atoms with Gasteiger partial charge in [-0.05, 0) is 67.5 Å². The van der Waals surface area contributed by atoms with Crippen LogP contribution in [0.3, 0.4) is 0 Å². The minimum atomic E-state index is -0.372. The van der Waals surface area contributed by atoms with E-state index >= 15 is 0 Å². The number of aromatic nitrogens is 2. The van der Waals surface area contributed by atoms with Crippen LogP contribution in [0, 0.1) is 6.92 Å². The van der Waals surface area contributed by atoms with Crippen LogP contribution in [0.25, 0.3) is 11.3 Å². The summed E-state index contributed by atoms with van der Waals surface area (Å²) in [5, 5.41) is 7.66. The van der Waals surface area contributed by atoms with Gasteiger partial charge in [-0.15, -0.1) is 0 Å². The smallest absolute Gasteiger partial charge is 0.255 e. The summed E-state index contributed by atoms with van der Waals surface area (Å²) in [5.41, 5.74) is 3.46. The molecule has 0 fully saturated rings. The number of carbonyl (C=O) groups is 2. The van der Waals surface area contributed by atoms with Crippen LogP contribution < -0.4 is 5.32 Å². The van der Waals surface area contributed by atoms with E-state index in [0.29, 0.717) is 28.4 Å². The number of amides is 1. The minimum Gasteiger partial charge on any atom is -0.347 e. The number of aliphatic imine (C=N–C) groups is 1. The van der Waals surface area contributed by atoms with E-state index in [4.69, 9.17) is 4.99 Å². The first-order chi connectivity index (χ1) is 12.8. The number of aryl methyl sites for hydroxylation is 1. The number of Topliss-reactive ketones (excluding diaryl/α,β-unsaturated/α-hetero) is 1. The Kier molecular flexibility index (Phi) is 4.57. The fourth-order valence-corrected chi connectivity index (χ4v) is 3.30. The molecule has 1 aliphatic rings. The van der Waals surface area contributed by atoms with Gasteiger partial charge in [-0.2, -0.15) is 5.10 Å². The largest absolute Gasteiger partial charge is 0.347 e. The Bertz CT molecular complexity index is 1010. The summed E-state index contributed by atoms with van der Waals surface area (Å²) in [6, 6.07) is 5.53. The normalized spacial score (nSPS) is 14.8. The molecular formula is C22H28N4O2. The maximum absolute atomic E-state index is 13.1. The van der Waals surface area contributed by atoms with Gasteiger partial charge in [-0.1, -0.05) is 6.07 Å². The number of hydrogen-bond acceptors (Lipinski definition) is 4. The van der Waals surface area contributed by atoms with Crippen molar-refractivity contribution in [2.45, 2.75) is 66.5 Å². The molecule has 1 N–H and O–H groups in total. The lowest BCUT2D eigenvalue weighted by molar-refractivity contribution is 0.0919. The molecule has 0 radical (unpaired) electrons. The summed E-state index contributed by atoms with van der Waals surface area (Å²) in [4.78, 5) is 29.9. The van der Waals surface area contributed by atoms with Gasteiger partial charge < -0.3 is 5.32 Å². The second kappa shape index (κ2) is 6.40. The zero-order valence-corrected chi connectivity index (χ0v) is 17.9. The van der Waals surface area contributed by atoms with E-state index in [1.54, 1.807) is 10.7 Å². The molecule has 1 aliphatic heterocycles. The van der Waals surface area contributed by atoms with Crippen molar-refractivity contribution in [1.29, 1.82) is 0 Å². The van der Waals surface area contributed by atoms with Crippen LogP contribution in [0.15, 0.2) is 23.2 Å². The van der Waals surface area contributed by atoms with Crippen molar-refractivity contribution in [2.75, 3.05) is 0 Å². The first kappa shape index (κ1) is 20.0. The second-order valence-electron chi connectivity index (χ2n) is 9.35. The zero-order valence-electron chi connectivity index (χ0n) is 17.9. The van der Waals surface area contributed by atoms with Crippen LogP contribution in [0.4, 0.5) is 0 Å². The van der Waals surface area contributed by atoms with E-state index in [-0.39, 0.29) is 22.8 Å². The fraction of sp³-hybridized carbons (Fsp3) is 0.455. The number of rotatable bonds is 2. The van der Waals surface area contributed by atoms with Crippen molar-refractivity contribution >= 4 is 17.5 Å². The Morgan fingerprint density at radius 1 is 1.07 bits per heavy atom. The van der Waals surface area contributed by atoms with Crippen molar-refractivity contribution in [2.24, 2.45) is 4.99 Å². The number of carbonyl (C=O) groups excluding carboxylic acids is 2. The predicted octanol–water partition coefficient (Wildman–Crippen LogP) is 4.00. The van der Waals surface area contributed by atoms with Crippen molar-refractivity contribution in [1.82, 2.24) is 15.1 Å². The van der Waals surface area contributed by atoms with E-state index in [2.05, 4.69) is 10.4 Å². The highest BCUT2D eigenvalue weighted by atomic mass is 16.2. The number of nitrogens with one attached hydrogen (secondary N) is 1. The Balaban J connectivity index is 2.30. The van der Waals surface area contributed by atoms with E-state index in [1.807, 2.05) is 60.6 Å². The molecule has 0 aliphatic carbocycles. The molecule has 6 heteroatoms. The highest BCUT2D eigenvalue weighted by Gasteiger charge is 2.35. The molecule has 0 atom stereocenters. The topological polar surface area (TPSA) is 76.3 Å². The fourth-order valence-electron chi connectivity index (χ4n) is 3.30. The van der Waals surface area contributed by atoms with Gasteiger partial charge in [0.05, 0.1) is 22.5 Å². The summed E-state index contributed by atoms with van der Waals surface area (Å²) >= 11 is 0. The van der Waals surface area contributed by atoms with Crippen LogP contribution in [-0.2, 0) is 0 Å². The van der Waals surface area contributed by atoms with Gasteiger partial charge in [-0.3, -0.25) is 14.6 Å². The van der Waals surface area contributed by atoms with Crippen molar-refractivity contribution < 1.29 is 9.59 Å². The number of hydrogen-bond donors (Lipinski definition) is 1. The molecule has 0 bridgehead atoms. The molecule has 2 heterocycles. The van der Waals surface area contributed by atoms with Crippen molar-refractivity contribution in [3.63, 3.8) is 0 Å². The van der Waals surface area contributed by atoms with E-state index in [9.17, 15) is 9.59 Å². The van der Waals surface area contributed by atoms with E-state index in [1.165, 1.54) is 6.92 Å². The first-order valence-corrected chi connectivity index (χ1v) is 9.46. The molecule has 2 aromatic rings. The summed E-state index contributed by atoms with van der Waals surface area (Å²) in [5.74, 6) is 0.500. The molecule has 0 saturated heterocycles. The molecule has 28 heavy (non-hydrogen) atoms. The van der Waals surface area contributed by atoms with Crippen molar-refractivity contribution in [3.8, 4) is 11.3 Å². The maximum Gasteiger partial charge on any atom is 0.255 e. The van der Waals surface area contributed by atoms with Crippen LogP contribution in [0.5, 0.6) is 0 Å². The molecule has 0 unspecified atom stereocenters. The van der Waals surface area contributed by atoms with E-state index < -0.39 is 0 Å². The molecule has 0 spiro atoms. The van der Waals surface area contributed by atoms with Gasteiger partial charge >= 0.3 is 0 Å². The summed E-state index contributed by atoms with van der Waals surface area (Å²) in [7, 11) is 0. The standard InChI is InChI=1S/C22H28N4O2/c1-12-17(20(28)24-22(6,7)8)18-16-11-14(13(2)27)9-10-15(16)19(26(18)25-12)23-21(3,4)5/h9-11H,1-8H3,(H,24,28). The highest BCUT2D eigenvalue weighted by Crippen LogP contribution is 2.37. The molecule has 1 aromatic heterocycles. The minimum absolute atomic E-state index is 0.0208. The van der Waals surface area contributed by atoms with Gasteiger partial charge in [0.25, 0.3) is 5.91 Å². The third kappa shape index (κ3) is 3.63. The first-order valence-electron chi connectivity index (χ1n) is 9.46. The van der Waals surface area contributed by atoms with Crippen LogP contribution >= 0.6 is 0 Å².